The lowest BCUT2D eigenvalue weighted by Crippen LogP contribution is -2.12. The quantitative estimate of drug-likeness (QED) is 0.352. The predicted molar refractivity (Wildman–Crippen MR) is 78.8 cm³/mol. The third-order valence-corrected chi connectivity index (χ3v) is 3.33. The molecular weight excluding hydrogens is 272 g/mol. The summed E-state index contributed by atoms with van der Waals surface area (Å²) in [5.74, 6) is -0.518. The van der Waals surface area contributed by atoms with Crippen molar-refractivity contribution >= 4 is 11.9 Å². The summed E-state index contributed by atoms with van der Waals surface area (Å²) in [5, 5.41) is 0. The molecule has 0 aromatic heterocycles. The summed E-state index contributed by atoms with van der Waals surface area (Å²) >= 11 is 0. The van der Waals surface area contributed by atoms with Crippen molar-refractivity contribution in [2.24, 2.45) is 0 Å². The zero-order chi connectivity index (χ0) is 15.5. The molecule has 0 radical (unpaired) electrons. The Kier molecular flexibility index (Phi) is 8.74. The Balaban J connectivity index is 1.88. The molecule has 5 nitrogen and oxygen atoms in total. The number of carbonyl (C=O) groups excluding carboxylic acids is 2. The molecule has 5 heteroatoms. The molecule has 0 spiro atoms. The van der Waals surface area contributed by atoms with Crippen LogP contribution in [0.3, 0.4) is 0 Å². The number of unbranched alkanes of at least 4 members (excludes halogenated alkanes) is 2. The first-order chi connectivity index (χ1) is 10.1. The van der Waals surface area contributed by atoms with Gasteiger partial charge in [0.25, 0.3) is 0 Å². The van der Waals surface area contributed by atoms with Gasteiger partial charge in [-0.15, -0.1) is 0 Å². The van der Waals surface area contributed by atoms with Gasteiger partial charge in [0.05, 0.1) is 19.3 Å². The van der Waals surface area contributed by atoms with Gasteiger partial charge in [-0.2, -0.15) is 0 Å². The Morgan fingerprint density at radius 2 is 2.00 bits per heavy atom. The van der Waals surface area contributed by atoms with E-state index in [0.29, 0.717) is 25.2 Å². The van der Waals surface area contributed by atoms with Gasteiger partial charge in [-0.25, -0.2) is 4.79 Å². The SMILES string of the molecule is C=C(C)C(=O)OCCCCCC(=O)OCCC1CCCO1. The van der Waals surface area contributed by atoms with Gasteiger partial charge in [-0.1, -0.05) is 6.58 Å². The second kappa shape index (κ2) is 10.4. The lowest BCUT2D eigenvalue weighted by Gasteiger charge is -2.09. The van der Waals surface area contributed by atoms with Crippen LogP contribution in [0, 0.1) is 0 Å². The van der Waals surface area contributed by atoms with Gasteiger partial charge in [0.15, 0.2) is 0 Å². The molecule has 1 rings (SSSR count). The summed E-state index contributed by atoms with van der Waals surface area (Å²) in [7, 11) is 0. The summed E-state index contributed by atoms with van der Waals surface area (Å²) in [6.07, 6.45) is 5.99. The predicted octanol–water partition coefficient (Wildman–Crippen LogP) is 2.78. The van der Waals surface area contributed by atoms with Crippen LogP contribution in [0.15, 0.2) is 12.2 Å². The number of ether oxygens (including phenoxy) is 3. The van der Waals surface area contributed by atoms with E-state index < -0.39 is 0 Å². The van der Waals surface area contributed by atoms with Crippen LogP contribution < -0.4 is 0 Å². The van der Waals surface area contributed by atoms with Crippen LogP contribution in [-0.4, -0.2) is 37.9 Å². The first kappa shape index (κ1) is 17.7. The average Bonchev–Trinajstić information content (AvgIpc) is 2.95. The molecule has 0 bridgehead atoms. The van der Waals surface area contributed by atoms with Crippen molar-refractivity contribution < 1.29 is 23.8 Å². The number of rotatable bonds is 10. The molecule has 1 unspecified atom stereocenters. The van der Waals surface area contributed by atoms with E-state index in [1.54, 1.807) is 6.92 Å². The summed E-state index contributed by atoms with van der Waals surface area (Å²) in [5.41, 5.74) is 0.407. The lowest BCUT2D eigenvalue weighted by molar-refractivity contribution is -0.144. The Bertz CT molecular complexity index is 345. The van der Waals surface area contributed by atoms with Crippen molar-refractivity contribution in [2.45, 2.75) is 58.0 Å². The third-order valence-electron chi connectivity index (χ3n) is 3.33. The van der Waals surface area contributed by atoms with Crippen LogP contribution in [0.25, 0.3) is 0 Å². The molecule has 0 aliphatic carbocycles. The molecule has 1 atom stereocenters. The largest absolute Gasteiger partial charge is 0.466 e. The van der Waals surface area contributed by atoms with Gasteiger partial charge in [0, 0.05) is 25.0 Å². The second-order valence-electron chi connectivity index (χ2n) is 5.37. The fourth-order valence-electron chi connectivity index (χ4n) is 2.08. The van der Waals surface area contributed by atoms with Gasteiger partial charge in [-0.3, -0.25) is 4.79 Å². The van der Waals surface area contributed by atoms with Gasteiger partial charge >= 0.3 is 11.9 Å². The first-order valence-electron chi connectivity index (χ1n) is 7.69. The minimum absolute atomic E-state index is 0.160. The monoisotopic (exact) mass is 298 g/mol. The van der Waals surface area contributed by atoms with Crippen molar-refractivity contribution in [2.75, 3.05) is 19.8 Å². The Labute approximate surface area is 126 Å². The first-order valence-corrected chi connectivity index (χ1v) is 7.69. The number of hydrogen-bond acceptors (Lipinski definition) is 5. The molecule has 1 saturated heterocycles. The number of carbonyl (C=O) groups is 2. The van der Waals surface area contributed by atoms with E-state index in [0.717, 1.165) is 45.1 Å². The maximum absolute atomic E-state index is 11.5. The van der Waals surface area contributed by atoms with E-state index in [9.17, 15) is 9.59 Å². The van der Waals surface area contributed by atoms with E-state index in [-0.39, 0.29) is 18.0 Å². The van der Waals surface area contributed by atoms with Crippen LogP contribution in [0.1, 0.15) is 51.9 Å². The fraction of sp³-hybridized carbons (Fsp3) is 0.750. The van der Waals surface area contributed by atoms with Crippen molar-refractivity contribution in [3.63, 3.8) is 0 Å². The summed E-state index contributed by atoms with van der Waals surface area (Å²) in [6.45, 7) is 6.77. The third kappa shape index (κ3) is 8.50. The van der Waals surface area contributed by atoms with Gasteiger partial charge in [0.1, 0.15) is 0 Å². The smallest absolute Gasteiger partial charge is 0.333 e. The zero-order valence-electron chi connectivity index (χ0n) is 12.9. The highest BCUT2D eigenvalue weighted by molar-refractivity contribution is 5.86. The van der Waals surface area contributed by atoms with Crippen molar-refractivity contribution in [1.29, 1.82) is 0 Å². The van der Waals surface area contributed by atoms with E-state index >= 15 is 0 Å². The Hall–Kier alpha value is -1.36. The second-order valence-corrected chi connectivity index (χ2v) is 5.37. The molecule has 1 heterocycles. The van der Waals surface area contributed by atoms with E-state index in [4.69, 9.17) is 14.2 Å². The van der Waals surface area contributed by atoms with Crippen LogP contribution >= 0.6 is 0 Å². The van der Waals surface area contributed by atoms with E-state index in [1.807, 2.05) is 0 Å². The van der Waals surface area contributed by atoms with Crippen LogP contribution in [-0.2, 0) is 23.8 Å². The standard InChI is InChI=1S/C16H26O5/c1-13(2)16(18)21-10-5-3-4-8-15(17)20-12-9-14-7-6-11-19-14/h14H,1,3-12H2,2H3. The van der Waals surface area contributed by atoms with Crippen molar-refractivity contribution in [3.8, 4) is 0 Å². The molecule has 0 aromatic rings. The van der Waals surface area contributed by atoms with Crippen molar-refractivity contribution in [1.82, 2.24) is 0 Å². The summed E-state index contributed by atoms with van der Waals surface area (Å²) in [4.78, 5) is 22.6. The molecule has 0 amide bonds. The molecule has 0 saturated carbocycles. The molecule has 1 aliphatic heterocycles. The maximum Gasteiger partial charge on any atom is 0.333 e. The van der Waals surface area contributed by atoms with Gasteiger partial charge in [-0.05, 0) is 39.0 Å². The van der Waals surface area contributed by atoms with E-state index in [1.165, 1.54) is 0 Å². The maximum atomic E-state index is 11.5. The minimum Gasteiger partial charge on any atom is -0.466 e. The number of esters is 2. The fourth-order valence-corrected chi connectivity index (χ4v) is 2.08. The molecule has 1 fully saturated rings. The Morgan fingerprint density at radius 3 is 2.67 bits per heavy atom. The lowest BCUT2D eigenvalue weighted by atomic mass is 10.2. The highest BCUT2D eigenvalue weighted by Crippen LogP contribution is 2.15. The van der Waals surface area contributed by atoms with Gasteiger partial charge < -0.3 is 14.2 Å². The topological polar surface area (TPSA) is 61.8 Å². The van der Waals surface area contributed by atoms with Crippen LogP contribution in [0.2, 0.25) is 0 Å². The van der Waals surface area contributed by atoms with Crippen molar-refractivity contribution in [3.05, 3.63) is 12.2 Å². The average molecular weight is 298 g/mol. The highest BCUT2D eigenvalue weighted by Gasteiger charge is 2.15. The summed E-state index contributed by atoms with van der Waals surface area (Å²) < 4.78 is 15.6. The molecule has 1 aliphatic rings. The molecule has 21 heavy (non-hydrogen) atoms. The summed E-state index contributed by atoms with van der Waals surface area (Å²) in [6, 6.07) is 0. The normalized spacial score (nSPS) is 17.5. The zero-order valence-corrected chi connectivity index (χ0v) is 12.9. The molecule has 0 aromatic carbocycles. The molecule has 120 valence electrons. The van der Waals surface area contributed by atoms with Gasteiger partial charge in [0.2, 0.25) is 0 Å². The van der Waals surface area contributed by atoms with Crippen LogP contribution in [0.4, 0.5) is 0 Å². The molecule has 0 N–H and O–H groups in total. The molecular formula is C16H26O5. The van der Waals surface area contributed by atoms with Crippen LogP contribution in [0.5, 0.6) is 0 Å². The van der Waals surface area contributed by atoms with E-state index in [2.05, 4.69) is 6.58 Å². The number of hydrogen-bond donors (Lipinski definition) is 0. The Morgan fingerprint density at radius 1 is 1.19 bits per heavy atom. The minimum atomic E-state index is -0.358. The highest BCUT2D eigenvalue weighted by atomic mass is 16.5.